The van der Waals surface area contributed by atoms with Crippen LogP contribution in [-0.2, 0) is 18.2 Å². The van der Waals surface area contributed by atoms with Gasteiger partial charge in [-0.1, -0.05) is 12.1 Å². The lowest BCUT2D eigenvalue weighted by molar-refractivity contribution is -0.137. The third-order valence-corrected chi connectivity index (χ3v) is 7.18. The average Bonchev–Trinajstić information content (AvgIpc) is 3.45. The van der Waals surface area contributed by atoms with Gasteiger partial charge in [0.1, 0.15) is 22.2 Å². The summed E-state index contributed by atoms with van der Waals surface area (Å²) in [4.78, 5) is 25.1. The number of fused-ring (bicyclic) bond motifs is 1. The number of aromatic carboxylic acids is 1. The van der Waals surface area contributed by atoms with Gasteiger partial charge in [0.05, 0.1) is 21.7 Å². The number of thiazole rings is 1. The van der Waals surface area contributed by atoms with Crippen LogP contribution in [0.15, 0.2) is 54.9 Å². The lowest BCUT2D eigenvalue weighted by Gasteiger charge is -2.21. The maximum atomic E-state index is 13.0. The summed E-state index contributed by atoms with van der Waals surface area (Å²) in [6, 6.07) is 10.1. The van der Waals surface area contributed by atoms with E-state index in [4.69, 9.17) is 0 Å². The van der Waals surface area contributed by atoms with E-state index in [0.29, 0.717) is 45.4 Å². The number of carboxylic acids is 1. The van der Waals surface area contributed by atoms with E-state index < -0.39 is 23.3 Å². The van der Waals surface area contributed by atoms with Crippen LogP contribution in [-0.4, -0.2) is 31.1 Å². The number of nitrogens with zero attached hydrogens (tertiary/aromatic N) is 3. The van der Waals surface area contributed by atoms with Gasteiger partial charge in [-0.3, -0.25) is 0 Å². The Morgan fingerprint density at radius 2 is 1.94 bits per heavy atom. The fourth-order valence-electron chi connectivity index (χ4n) is 4.35. The number of aliphatic hydroxyl groups is 1. The molecule has 36 heavy (non-hydrogen) atoms. The Kier molecular flexibility index (Phi) is 5.76. The molecule has 3 heterocycles. The van der Waals surface area contributed by atoms with Gasteiger partial charge in [0.25, 0.3) is 0 Å². The average molecular weight is 513 g/mol. The molecule has 0 fully saturated rings. The first kappa shape index (κ1) is 23.9. The van der Waals surface area contributed by atoms with Crippen molar-refractivity contribution in [3.8, 4) is 10.6 Å². The second-order valence-electron chi connectivity index (χ2n) is 8.49. The number of alkyl halides is 3. The number of anilines is 2. The molecular weight excluding hydrogens is 493 g/mol. The van der Waals surface area contributed by atoms with Crippen LogP contribution in [0.5, 0.6) is 0 Å². The van der Waals surface area contributed by atoms with E-state index in [9.17, 15) is 28.2 Å². The maximum Gasteiger partial charge on any atom is 0.416 e. The van der Waals surface area contributed by atoms with Crippen molar-refractivity contribution in [2.45, 2.75) is 31.5 Å². The summed E-state index contributed by atoms with van der Waals surface area (Å²) in [5.41, 5.74) is 0.373. The second kappa shape index (κ2) is 8.68. The third kappa shape index (κ3) is 4.31. The highest BCUT2D eigenvalue weighted by molar-refractivity contribution is 7.15. The fraction of sp³-hybridized carbons (Fsp3) is 0.200. The molecule has 1 aromatic carbocycles. The van der Waals surface area contributed by atoms with Gasteiger partial charge >= 0.3 is 12.1 Å². The Morgan fingerprint density at radius 1 is 1.14 bits per heavy atom. The van der Waals surface area contributed by atoms with E-state index >= 15 is 0 Å². The van der Waals surface area contributed by atoms with Crippen molar-refractivity contribution in [3.63, 3.8) is 0 Å². The van der Waals surface area contributed by atoms with Crippen LogP contribution >= 0.6 is 11.3 Å². The zero-order chi connectivity index (χ0) is 25.7. The van der Waals surface area contributed by atoms with Crippen LogP contribution in [0.25, 0.3) is 10.6 Å². The number of nitrogens with one attached hydrogen (secondary N) is 1. The number of hydrogen-bond donors (Lipinski definition) is 3. The Hall–Kier alpha value is -3.83. The van der Waals surface area contributed by atoms with Crippen molar-refractivity contribution >= 4 is 28.9 Å². The molecule has 3 N–H and O–H groups in total. The molecule has 0 unspecified atom stereocenters. The van der Waals surface area contributed by atoms with Gasteiger partial charge in [-0.25, -0.2) is 19.7 Å². The number of carbonyl (C=O) groups is 1. The number of halogens is 3. The first-order valence-electron chi connectivity index (χ1n) is 10.9. The van der Waals surface area contributed by atoms with E-state index in [0.717, 1.165) is 23.9 Å². The van der Waals surface area contributed by atoms with Crippen molar-refractivity contribution in [1.29, 1.82) is 0 Å². The number of aryl methyl sites for hydroxylation is 1. The van der Waals surface area contributed by atoms with Gasteiger partial charge in [0, 0.05) is 12.4 Å². The summed E-state index contributed by atoms with van der Waals surface area (Å²) >= 11 is 1.23. The summed E-state index contributed by atoms with van der Waals surface area (Å²) in [5, 5.41) is 24.2. The Balaban J connectivity index is 1.46. The van der Waals surface area contributed by atoms with E-state index in [2.05, 4.69) is 20.3 Å². The van der Waals surface area contributed by atoms with Gasteiger partial charge in [0.2, 0.25) is 0 Å². The van der Waals surface area contributed by atoms with Crippen LogP contribution < -0.4 is 5.32 Å². The minimum absolute atomic E-state index is 0.00461. The summed E-state index contributed by atoms with van der Waals surface area (Å²) in [7, 11) is 0. The van der Waals surface area contributed by atoms with E-state index in [-0.39, 0.29) is 11.4 Å². The van der Waals surface area contributed by atoms with Crippen molar-refractivity contribution in [2.75, 3.05) is 5.32 Å². The highest BCUT2D eigenvalue weighted by atomic mass is 32.1. The maximum absolute atomic E-state index is 13.0. The van der Waals surface area contributed by atoms with Crippen LogP contribution in [0.4, 0.5) is 24.8 Å². The third-order valence-electron chi connectivity index (χ3n) is 6.01. The molecule has 1 atom stereocenters. The number of aromatic nitrogens is 3. The lowest BCUT2D eigenvalue weighted by Crippen LogP contribution is -2.23. The van der Waals surface area contributed by atoms with E-state index in [1.165, 1.54) is 17.4 Å². The molecule has 1 aliphatic carbocycles. The largest absolute Gasteiger partial charge is 0.478 e. The van der Waals surface area contributed by atoms with Crippen molar-refractivity contribution in [2.24, 2.45) is 0 Å². The smallest absolute Gasteiger partial charge is 0.416 e. The molecule has 7 nitrogen and oxygen atoms in total. The minimum Gasteiger partial charge on any atom is -0.478 e. The molecule has 0 saturated carbocycles. The molecule has 0 aliphatic heterocycles. The lowest BCUT2D eigenvalue weighted by atomic mass is 9.95. The van der Waals surface area contributed by atoms with Gasteiger partial charge in [0.15, 0.2) is 0 Å². The van der Waals surface area contributed by atoms with Crippen LogP contribution in [0.2, 0.25) is 0 Å². The topological polar surface area (TPSA) is 108 Å². The SMILES string of the molecule is Cc1cc(Nc2cc(C(F)(F)F)ccn2)nc(-c2cnc([C@]3(O)CCc4c(C(=O)O)cccc43)s2)c1. The summed E-state index contributed by atoms with van der Waals surface area (Å²) in [6.07, 6.45) is -1.13. The monoisotopic (exact) mass is 512 g/mol. The van der Waals surface area contributed by atoms with Crippen LogP contribution in [0, 0.1) is 6.92 Å². The zero-order valence-corrected chi connectivity index (χ0v) is 19.6. The Morgan fingerprint density at radius 3 is 2.69 bits per heavy atom. The van der Waals surface area contributed by atoms with Crippen molar-refractivity contribution < 1.29 is 28.2 Å². The number of rotatable bonds is 5. The van der Waals surface area contributed by atoms with Crippen LogP contribution in [0.1, 0.15) is 44.0 Å². The number of carboxylic acid groups (broad SMARTS) is 1. The second-order valence-corrected chi connectivity index (χ2v) is 9.52. The minimum atomic E-state index is -4.49. The summed E-state index contributed by atoms with van der Waals surface area (Å²) in [5.74, 6) is -0.733. The molecule has 1 aliphatic rings. The fourth-order valence-corrected chi connectivity index (χ4v) is 5.36. The number of pyridine rings is 2. The van der Waals surface area contributed by atoms with Gasteiger partial charge in [-0.2, -0.15) is 13.2 Å². The molecule has 0 spiro atoms. The molecule has 11 heteroatoms. The highest BCUT2D eigenvalue weighted by Crippen LogP contribution is 2.45. The van der Waals surface area contributed by atoms with Crippen LogP contribution in [0.3, 0.4) is 0 Å². The summed E-state index contributed by atoms with van der Waals surface area (Å²) in [6.45, 7) is 1.83. The molecule has 184 valence electrons. The van der Waals surface area contributed by atoms with Crippen molar-refractivity contribution in [3.05, 3.63) is 87.7 Å². The first-order chi connectivity index (χ1) is 17.0. The molecule has 0 saturated heterocycles. The van der Waals surface area contributed by atoms with E-state index in [1.807, 2.05) is 6.92 Å². The summed E-state index contributed by atoms with van der Waals surface area (Å²) < 4.78 is 39.1. The normalized spacial score (nSPS) is 17.1. The quantitative estimate of drug-likeness (QED) is 0.322. The zero-order valence-electron chi connectivity index (χ0n) is 18.8. The Bertz CT molecular complexity index is 1490. The Labute approximate surface area is 207 Å². The molecular formula is C25H19F3N4O3S. The van der Waals surface area contributed by atoms with Gasteiger partial charge < -0.3 is 15.5 Å². The number of hydrogen-bond acceptors (Lipinski definition) is 7. The molecule has 5 rings (SSSR count). The standard InChI is InChI=1S/C25H19F3N4O3S/c1-13-9-18(31-21(10-13)32-20-11-14(6-8-29-20)25(26,27)28)19-12-30-23(36-19)24(35)7-5-15-16(22(33)34)3-2-4-17(15)24/h2-4,6,8-12,35H,5,7H2,1H3,(H,33,34)(H,29,31,32)/t24-/m0/s1. The predicted octanol–water partition coefficient (Wildman–Crippen LogP) is 5.55. The number of benzene rings is 1. The molecule has 0 bridgehead atoms. The van der Waals surface area contributed by atoms with E-state index in [1.54, 1.807) is 30.5 Å². The predicted molar refractivity (Wildman–Crippen MR) is 127 cm³/mol. The molecule has 3 aromatic heterocycles. The van der Waals surface area contributed by atoms with Gasteiger partial charge in [-0.15, -0.1) is 11.3 Å². The first-order valence-corrected chi connectivity index (χ1v) is 11.7. The molecule has 0 radical (unpaired) electrons. The molecule has 4 aromatic rings. The van der Waals surface area contributed by atoms with Crippen molar-refractivity contribution in [1.82, 2.24) is 15.0 Å². The highest BCUT2D eigenvalue weighted by Gasteiger charge is 2.42. The van der Waals surface area contributed by atoms with Gasteiger partial charge in [-0.05, 0) is 66.8 Å². The molecule has 0 amide bonds.